The van der Waals surface area contributed by atoms with Gasteiger partial charge in [0, 0.05) is 0 Å². The van der Waals surface area contributed by atoms with E-state index in [-0.39, 0.29) is 0 Å². The summed E-state index contributed by atoms with van der Waals surface area (Å²) < 4.78 is 1.74. The van der Waals surface area contributed by atoms with E-state index < -0.39 is 0 Å². The fourth-order valence-corrected chi connectivity index (χ4v) is 2.06. The summed E-state index contributed by atoms with van der Waals surface area (Å²) in [7, 11) is 0. The van der Waals surface area contributed by atoms with Crippen LogP contribution in [0.5, 0.6) is 0 Å². The van der Waals surface area contributed by atoms with Crippen LogP contribution in [0.1, 0.15) is 0 Å². The molecule has 0 aliphatic heterocycles. The Labute approximate surface area is 63.9 Å². The minimum Gasteiger partial charge on any atom is -0.232 e. The molecular weight excluding hydrogens is 244 g/mol. The third kappa shape index (κ3) is 1.54. The van der Waals surface area contributed by atoms with Crippen molar-refractivity contribution in [2.45, 2.75) is 0 Å². The highest BCUT2D eigenvalue weighted by Crippen LogP contribution is 2.18. The summed E-state index contributed by atoms with van der Waals surface area (Å²) in [6.07, 6.45) is 1.74. The van der Waals surface area contributed by atoms with Crippen molar-refractivity contribution in [1.29, 1.82) is 0 Å². The number of hydrogen-bond acceptors (Lipinski definition) is 2. The topological polar surface area (TPSA) is 12.9 Å². The molecule has 1 nitrogen and oxygen atoms in total. The second-order valence-corrected chi connectivity index (χ2v) is 4.42. The molecular formula is C3HClINS. The summed E-state index contributed by atoms with van der Waals surface area (Å²) >= 11 is 9.12. The molecule has 0 atom stereocenters. The molecule has 0 saturated heterocycles. The number of nitrogens with zero attached hydrogens (tertiary/aromatic N) is 1. The van der Waals surface area contributed by atoms with E-state index in [9.17, 15) is 0 Å². The molecule has 7 heavy (non-hydrogen) atoms. The monoisotopic (exact) mass is 245 g/mol. The van der Waals surface area contributed by atoms with Crippen LogP contribution in [-0.2, 0) is 0 Å². The summed E-state index contributed by atoms with van der Waals surface area (Å²) in [5, 5.41) is 0. The Balaban J connectivity index is 3.04. The van der Waals surface area contributed by atoms with Crippen LogP contribution in [0.3, 0.4) is 0 Å². The van der Waals surface area contributed by atoms with Crippen molar-refractivity contribution in [3.63, 3.8) is 0 Å². The normalized spacial score (nSPS) is 9.43. The quantitative estimate of drug-likeness (QED) is 0.640. The lowest BCUT2D eigenvalue weighted by Crippen LogP contribution is -1.49. The second kappa shape index (κ2) is 2.28. The molecule has 0 fully saturated rings. The van der Waals surface area contributed by atoms with Crippen molar-refractivity contribution >= 4 is 45.5 Å². The first-order chi connectivity index (χ1) is 3.29. The molecule has 0 aliphatic rings. The first-order valence-electron chi connectivity index (χ1n) is 1.56. The van der Waals surface area contributed by atoms with Crippen molar-refractivity contribution in [2.75, 3.05) is 0 Å². The van der Waals surface area contributed by atoms with E-state index in [2.05, 4.69) is 27.6 Å². The Morgan fingerprint density at radius 3 is 2.71 bits per heavy atom. The van der Waals surface area contributed by atoms with Gasteiger partial charge in [-0.25, -0.2) is 4.98 Å². The fourth-order valence-electron chi connectivity index (χ4n) is 0.235. The Bertz CT molecular complexity index is 147. The van der Waals surface area contributed by atoms with Crippen LogP contribution in [0.2, 0.25) is 4.47 Å². The van der Waals surface area contributed by atoms with Crippen LogP contribution in [0.25, 0.3) is 0 Å². The molecule has 1 aromatic heterocycles. The standard InChI is InChI=1S/C3HClINS/c4-3-6-1-2(5)7-3/h1H. The van der Waals surface area contributed by atoms with Gasteiger partial charge >= 0.3 is 0 Å². The minimum atomic E-state index is 0.615. The van der Waals surface area contributed by atoms with Gasteiger partial charge < -0.3 is 0 Å². The predicted molar refractivity (Wildman–Crippen MR) is 39.8 cm³/mol. The van der Waals surface area contributed by atoms with Crippen molar-refractivity contribution < 1.29 is 0 Å². The van der Waals surface area contributed by atoms with Crippen molar-refractivity contribution in [2.24, 2.45) is 0 Å². The van der Waals surface area contributed by atoms with Gasteiger partial charge in [-0.2, -0.15) is 0 Å². The van der Waals surface area contributed by atoms with Crippen LogP contribution in [0.4, 0.5) is 0 Å². The van der Waals surface area contributed by atoms with E-state index in [1.807, 2.05) is 0 Å². The average molecular weight is 245 g/mol. The molecule has 0 aromatic carbocycles. The van der Waals surface area contributed by atoms with Gasteiger partial charge in [0.2, 0.25) is 0 Å². The molecule has 1 aromatic rings. The van der Waals surface area contributed by atoms with Gasteiger partial charge in [-0.3, -0.25) is 0 Å². The van der Waals surface area contributed by atoms with Gasteiger partial charge in [-0.1, -0.05) is 22.9 Å². The predicted octanol–water partition coefficient (Wildman–Crippen LogP) is 2.40. The third-order valence-corrected chi connectivity index (χ3v) is 2.29. The van der Waals surface area contributed by atoms with E-state index in [4.69, 9.17) is 11.6 Å². The van der Waals surface area contributed by atoms with Crippen molar-refractivity contribution in [3.8, 4) is 0 Å². The minimum absolute atomic E-state index is 0.615. The highest BCUT2D eigenvalue weighted by molar-refractivity contribution is 14.1. The van der Waals surface area contributed by atoms with Gasteiger partial charge in [0.1, 0.15) is 0 Å². The zero-order chi connectivity index (χ0) is 5.28. The molecule has 38 valence electrons. The van der Waals surface area contributed by atoms with Gasteiger partial charge in [-0.15, -0.1) is 0 Å². The summed E-state index contributed by atoms with van der Waals surface area (Å²) in [4.78, 5) is 3.79. The number of aromatic nitrogens is 1. The lowest BCUT2D eigenvalue weighted by atomic mass is 11.0. The molecule has 1 rings (SSSR count). The molecule has 0 unspecified atom stereocenters. The second-order valence-electron chi connectivity index (χ2n) is 0.917. The number of rotatable bonds is 0. The van der Waals surface area contributed by atoms with Gasteiger partial charge in [0.25, 0.3) is 0 Å². The van der Waals surface area contributed by atoms with Crippen LogP contribution in [-0.4, -0.2) is 4.98 Å². The molecule has 0 spiro atoms. The Hall–Kier alpha value is 0.650. The molecule has 0 N–H and O–H groups in total. The summed E-state index contributed by atoms with van der Waals surface area (Å²) in [5.41, 5.74) is 0. The maximum absolute atomic E-state index is 5.46. The highest BCUT2D eigenvalue weighted by Gasteiger charge is 1.90. The highest BCUT2D eigenvalue weighted by atomic mass is 127. The Morgan fingerprint density at radius 1 is 1.86 bits per heavy atom. The molecule has 1 heterocycles. The zero-order valence-electron chi connectivity index (χ0n) is 3.19. The maximum Gasteiger partial charge on any atom is 0.184 e. The average Bonchev–Trinajstić information content (AvgIpc) is 1.87. The van der Waals surface area contributed by atoms with Gasteiger partial charge in [-0.05, 0) is 22.6 Å². The zero-order valence-corrected chi connectivity index (χ0v) is 6.92. The largest absolute Gasteiger partial charge is 0.232 e. The molecule has 0 radical (unpaired) electrons. The van der Waals surface area contributed by atoms with E-state index in [1.165, 1.54) is 11.3 Å². The molecule has 0 saturated carbocycles. The summed E-state index contributed by atoms with van der Waals surface area (Å²) in [6.45, 7) is 0. The lowest BCUT2D eigenvalue weighted by Gasteiger charge is -1.64. The Morgan fingerprint density at radius 2 is 2.57 bits per heavy atom. The fraction of sp³-hybridized carbons (Fsp3) is 0. The van der Waals surface area contributed by atoms with Crippen LogP contribution in [0, 0.1) is 2.88 Å². The molecule has 0 amide bonds. The van der Waals surface area contributed by atoms with Crippen LogP contribution < -0.4 is 0 Å². The van der Waals surface area contributed by atoms with E-state index in [0.717, 1.165) is 2.88 Å². The van der Waals surface area contributed by atoms with Crippen LogP contribution in [0.15, 0.2) is 6.20 Å². The SMILES string of the molecule is Clc1ncc(I)s1. The molecule has 0 aliphatic carbocycles. The third-order valence-electron chi connectivity index (χ3n) is 0.449. The van der Waals surface area contributed by atoms with Crippen molar-refractivity contribution in [3.05, 3.63) is 13.5 Å². The first-order valence-corrected chi connectivity index (χ1v) is 3.83. The molecule has 0 bridgehead atoms. The summed E-state index contributed by atoms with van der Waals surface area (Å²) in [6, 6.07) is 0. The van der Waals surface area contributed by atoms with Gasteiger partial charge in [0.05, 0.1) is 9.08 Å². The van der Waals surface area contributed by atoms with Gasteiger partial charge in [0.15, 0.2) is 4.47 Å². The molecule has 4 heteroatoms. The lowest BCUT2D eigenvalue weighted by molar-refractivity contribution is 1.41. The van der Waals surface area contributed by atoms with E-state index in [1.54, 1.807) is 6.20 Å². The Kier molecular flexibility index (Phi) is 1.88. The van der Waals surface area contributed by atoms with Crippen molar-refractivity contribution in [1.82, 2.24) is 4.98 Å². The number of hydrogen-bond donors (Lipinski definition) is 0. The number of thiazole rings is 1. The number of halogens is 2. The van der Waals surface area contributed by atoms with E-state index in [0.29, 0.717) is 4.47 Å². The van der Waals surface area contributed by atoms with Crippen LogP contribution >= 0.6 is 45.5 Å². The maximum atomic E-state index is 5.46. The summed E-state index contributed by atoms with van der Waals surface area (Å²) in [5.74, 6) is 0. The smallest absolute Gasteiger partial charge is 0.184 e. The first kappa shape index (κ1) is 5.78. The van der Waals surface area contributed by atoms with E-state index >= 15 is 0 Å².